The van der Waals surface area contributed by atoms with Crippen LogP contribution in [0.5, 0.6) is 0 Å². The van der Waals surface area contributed by atoms with Crippen molar-refractivity contribution in [2.24, 2.45) is 5.92 Å². The third-order valence-corrected chi connectivity index (χ3v) is 16.7. The maximum Gasteiger partial charge on any atom is 0.224 e. The van der Waals surface area contributed by atoms with Crippen LogP contribution in [0.15, 0.2) is 108 Å². The summed E-state index contributed by atoms with van der Waals surface area (Å²) in [5.41, 5.74) is 4.30. The van der Waals surface area contributed by atoms with Crippen molar-refractivity contribution in [3.8, 4) is 0 Å². The number of hydrogen-bond donors (Lipinski definition) is 1. The lowest BCUT2D eigenvalue weighted by atomic mass is 9.84. The van der Waals surface area contributed by atoms with Crippen molar-refractivity contribution in [2.45, 2.75) is 55.1 Å². The number of thioether (sulfide) groups is 1. The number of thiophene rings is 1. The van der Waals surface area contributed by atoms with Crippen LogP contribution >= 0.6 is 23.1 Å². The van der Waals surface area contributed by atoms with Crippen molar-refractivity contribution in [1.82, 2.24) is 4.57 Å². The van der Waals surface area contributed by atoms with Gasteiger partial charge in [-0.2, -0.15) is 11.3 Å². The van der Waals surface area contributed by atoms with Gasteiger partial charge >= 0.3 is 0 Å². The first kappa shape index (κ1) is 27.9. The fraction of sp³-hybridized carbons (Fsp3) is 0.303. The van der Waals surface area contributed by atoms with Gasteiger partial charge in [0.25, 0.3) is 0 Å². The molecule has 1 amide bonds. The van der Waals surface area contributed by atoms with Crippen molar-refractivity contribution in [1.29, 1.82) is 0 Å². The van der Waals surface area contributed by atoms with E-state index in [2.05, 4.69) is 111 Å². The summed E-state index contributed by atoms with van der Waals surface area (Å²) >= 11 is 3.36. The highest BCUT2D eigenvalue weighted by molar-refractivity contribution is 8.01. The van der Waals surface area contributed by atoms with E-state index in [-0.39, 0.29) is 16.3 Å². The number of amides is 1. The topological polar surface area (TPSA) is 40.5 Å². The van der Waals surface area contributed by atoms with Gasteiger partial charge in [0.1, 0.15) is 0 Å². The van der Waals surface area contributed by atoms with Crippen LogP contribution < -0.4 is 0 Å². The van der Waals surface area contributed by atoms with Crippen molar-refractivity contribution < 1.29 is 9.90 Å². The Balaban J connectivity index is 1.73. The Hall–Kier alpha value is -2.64. The van der Waals surface area contributed by atoms with E-state index in [1.807, 2.05) is 46.8 Å². The molecule has 0 saturated carbocycles. The molecule has 4 aromatic rings. The molecule has 0 spiro atoms. The van der Waals surface area contributed by atoms with E-state index in [0.717, 1.165) is 22.3 Å². The Morgan fingerprint density at radius 1 is 0.821 bits per heavy atom. The Morgan fingerprint density at radius 3 is 1.67 bits per heavy atom. The monoisotopic (exact) mass is 571 g/mol. The van der Waals surface area contributed by atoms with Crippen LogP contribution in [-0.4, -0.2) is 29.2 Å². The van der Waals surface area contributed by atoms with E-state index in [4.69, 9.17) is 0 Å². The minimum Gasteiger partial charge on any atom is -0.387 e. The van der Waals surface area contributed by atoms with Crippen LogP contribution in [0.1, 0.15) is 49.1 Å². The number of aliphatic hydroxyl groups is 1. The molecule has 1 fully saturated rings. The molecule has 1 aliphatic rings. The zero-order valence-electron chi connectivity index (χ0n) is 23.2. The zero-order valence-corrected chi connectivity index (χ0v) is 25.9. The Kier molecular flexibility index (Phi) is 7.68. The first-order valence-electron chi connectivity index (χ1n) is 13.5. The van der Waals surface area contributed by atoms with E-state index in [9.17, 15) is 9.90 Å². The maximum absolute atomic E-state index is 14.1. The third-order valence-electron chi connectivity index (χ3n) is 8.59. The molecule has 3 unspecified atom stereocenters. The van der Waals surface area contributed by atoms with Crippen LogP contribution in [0, 0.1) is 5.92 Å². The highest BCUT2D eigenvalue weighted by Crippen LogP contribution is 2.58. The predicted molar refractivity (Wildman–Crippen MR) is 167 cm³/mol. The number of carbonyl (C=O) groups excluding carboxylic acids is 1. The van der Waals surface area contributed by atoms with E-state index >= 15 is 0 Å². The van der Waals surface area contributed by atoms with Crippen molar-refractivity contribution in [2.75, 3.05) is 0 Å². The molecule has 2 heterocycles. The number of nitrogens with zero attached hydrogens (tertiary/aromatic N) is 1. The minimum atomic E-state index is -2.27. The summed E-state index contributed by atoms with van der Waals surface area (Å²) in [6.45, 7) is 11.3. The van der Waals surface area contributed by atoms with E-state index in [1.165, 1.54) is 0 Å². The summed E-state index contributed by atoms with van der Waals surface area (Å²) in [6, 6.07) is 33.8. The molecule has 0 radical (unpaired) electrons. The van der Waals surface area contributed by atoms with E-state index in [0.29, 0.717) is 0 Å². The van der Waals surface area contributed by atoms with Gasteiger partial charge in [-0.05, 0) is 44.1 Å². The Bertz CT molecular complexity index is 1290. The quantitative estimate of drug-likeness (QED) is 0.131. The maximum atomic E-state index is 14.1. The van der Waals surface area contributed by atoms with Gasteiger partial charge in [0.2, 0.25) is 5.91 Å². The smallest absolute Gasteiger partial charge is 0.224 e. The van der Waals surface area contributed by atoms with Gasteiger partial charge in [-0.15, -0.1) is 11.8 Å². The second-order valence-corrected chi connectivity index (χ2v) is 19.0. The van der Waals surface area contributed by atoms with E-state index < -0.39 is 25.0 Å². The first-order valence-corrected chi connectivity index (χ1v) is 18.2. The molecule has 1 aromatic heterocycles. The van der Waals surface area contributed by atoms with Crippen LogP contribution in [0.25, 0.3) is 0 Å². The summed E-state index contributed by atoms with van der Waals surface area (Å²) in [6.07, 6.45) is -0.845. The molecule has 1 N–H and O–H groups in total. The van der Waals surface area contributed by atoms with Crippen molar-refractivity contribution in [3.05, 3.63) is 130 Å². The normalized spacial score (nSPS) is 19.0. The molecular formula is C33H37NO2S2Si. The second kappa shape index (κ2) is 10.7. The fourth-order valence-corrected chi connectivity index (χ4v) is 11.1. The molecular weight excluding hydrogens is 535 g/mol. The largest absolute Gasteiger partial charge is 0.387 e. The summed E-state index contributed by atoms with van der Waals surface area (Å²) < 4.78 is 1.60. The molecule has 5 rings (SSSR count). The standard InChI is InChI=1S/C33H37NO2S2Si/c1-32(2,3)39(4,5)34-30(36)28(29(35)24-21-22-37-23-24)31(34)38-33(25-15-9-6-10-16-25,26-17-11-7-12-18-26)27-19-13-8-14-20-27/h6-23,28-29,31,35H,1-5H3. The average Bonchev–Trinajstić information content (AvgIpc) is 3.47. The molecule has 202 valence electrons. The Morgan fingerprint density at radius 2 is 1.28 bits per heavy atom. The van der Waals surface area contributed by atoms with Crippen LogP contribution in [-0.2, 0) is 9.54 Å². The van der Waals surface area contributed by atoms with Crippen LogP contribution in [0.3, 0.4) is 0 Å². The highest BCUT2D eigenvalue weighted by Gasteiger charge is 2.61. The molecule has 3 nitrogen and oxygen atoms in total. The lowest BCUT2D eigenvalue weighted by molar-refractivity contribution is -0.150. The lowest BCUT2D eigenvalue weighted by Crippen LogP contribution is -2.73. The predicted octanol–water partition coefficient (Wildman–Crippen LogP) is 8.30. The summed E-state index contributed by atoms with van der Waals surface area (Å²) in [5.74, 6) is -0.449. The van der Waals surface area contributed by atoms with Crippen LogP contribution in [0.4, 0.5) is 0 Å². The molecule has 39 heavy (non-hydrogen) atoms. The van der Waals surface area contributed by atoms with Gasteiger partial charge in [-0.3, -0.25) is 4.79 Å². The number of rotatable bonds is 8. The van der Waals surface area contributed by atoms with Gasteiger partial charge < -0.3 is 9.67 Å². The third kappa shape index (κ3) is 4.82. The molecule has 3 atom stereocenters. The summed E-state index contributed by atoms with van der Waals surface area (Å²) in [4.78, 5) is 14.1. The van der Waals surface area contributed by atoms with Crippen molar-refractivity contribution >= 4 is 37.2 Å². The average molecular weight is 572 g/mol. The van der Waals surface area contributed by atoms with Gasteiger partial charge in [0.05, 0.1) is 22.1 Å². The fourth-order valence-electron chi connectivity index (χ4n) is 5.41. The second-order valence-electron chi connectivity index (χ2n) is 11.8. The lowest BCUT2D eigenvalue weighted by Gasteiger charge is -2.60. The molecule has 1 saturated heterocycles. The first-order chi connectivity index (χ1) is 18.6. The molecule has 0 aliphatic carbocycles. The van der Waals surface area contributed by atoms with Gasteiger partial charge in [0, 0.05) is 0 Å². The number of hydrogen-bond acceptors (Lipinski definition) is 4. The molecule has 1 aliphatic heterocycles. The number of benzene rings is 3. The van der Waals surface area contributed by atoms with E-state index in [1.54, 1.807) is 11.3 Å². The minimum absolute atomic E-state index is 0.0331. The van der Waals surface area contributed by atoms with Crippen LogP contribution in [0.2, 0.25) is 18.1 Å². The summed E-state index contributed by atoms with van der Waals surface area (Å²) in [5, 5.41) is 15.3. The van der Waals surface area contributed by atoms with Gasteiger partial charge in [-0.1, -0.05) is 125 Å². The summed E-state index contributed by atoms with van der Waals surface area (Å²) in [7, 11) is -2.27. The number of carbonyl (C=O) groups is 1. The Labute approximate surface area is 242 Å². The van der Waals surface area contributed by atoms with Crippen molar-refractivity contribution in [3.63, 3.8) is 0 Å². The highest BCUT2D eigenvalue weighted by atomic mass is 32.2. The number of aliphatic hydroxyl groups excluding tert-OH is 1. The zero-order chi connectivity index (χ0) is 27.8. The van der Waals surface area contributed by atoms with Gasteiger partial charge in [-0.25, -0.2) is 0 Å². The molecule has 6 heteroatoms. The van der Waals surface area contributed by atoms with Gasteiger partial charge in [0.15, 0.2) is 8.24 Å². The molecule has 0 bridgehead atoms. The molecule has 3 aromatic carbocycles. The SMILES string of the molecule is CC(C)(C)[Si](C)(C)N1C(=O)C(C(O)c2ccsc2)C1SC(c1ccccc1)(c1ccccc1)c1ccccc1. The number of β-lactam (4-membered cyclic amide) rings is 1.